The van der Waals surface area contributed by atoms with E-state index in [2.05, 4.69) is 6.92 Å². The van der Waals surface area contributed by atoms with Gasteiger partial charge in [0.25, 0.3) is 0 Å². The summed E-state index contributed by atoms with van der Waals surface area (Å²) in [7, 11) is 0. The van der Waals surface area contributed by atoms with Crippen molar-refractivity contribution < 1.29 is 4.79 Å². The van der Waals surface area contributed by atoms with Crippen LogP contribution in [0.25, 0.3) is 0 Å². The normalized spacial score (nSPS) is 16.6. The lowest BCUT2D eigenvalue weighted by atomic mass is 10.1. The monoisotopic (exact) mass is 232 g/mol. The van der Waals surface area contributed by atoms with Crippen molar-refractivity contribution in [1.82, 2.24) is 4.90 Å². The molecule has 1 amide bonds. The molecule has 17 heavy (non-hydrogen) atoms. The van der Waals surface area contributed by atoms with Crippen molar-refractivity contribution in [3.63, 3.8) is 0 Å². The standard InChI is InChI=1S/C14H20N2O/c1-2-10-16(12-8-9-12)14(17)13(15)11-6-4-3-5-7-11/h3-7,12-13H,2,8-10,15H2,1H3/t13-/m1/s1. The predicted octanol–water partition coefficient (Wildman–Crippen LogP) is 2.09. The first kappa shape index (κ1) is 12.1. The molecule has 3 heteroatoms. The van der Waals surface area contributed by atoms with Crippen LogP contribution in [0.1, 0.15) is 37.8 Å². The molecule has 1 aliphatic rings. The van der Waals surface area contributed by atoms with Gasteiger partial charge in [0.1, 0.15) is 6.04 Å². The zero-order valence-corrected chi connectivity index (χ0v) is 10.3. The highest BCUT2D eigenvalue weighted by Crippen LogP contribution is 2.29. The Morgan fingerprint density at radius 2 is 2.06 bits per heavy atom. The van der Waals surface area contributed by atoms with Gasteiger partial charge in [-0.3, -0.25) is 4.79 Å². The van der Waals surface area contributed by atoms with Crippen LogP contribution in [-0.2, 0) is 4.79 Å². The summed E-state index contributed by atoms with van der Waals surface area (Å²) in [5.74, 6) is 0.0700. The maximum atomic E-state index is 12.3. The Kier molecular flexibility index (Phi) is 3.79. The zero-order chi connectivity index (χ0) is 12.3. The molecule has 0 aliphatic heterocycles. The number of carbonyl (C=O) groups is 1. The van der Waals surface area contributed by atoms with Crippen molar-refractivity contribution in [3.8, 4) is 0 Å². The molecule has 3 nitrogen and oxygen atoms in total. The van der Waals surface area contributed by atoms with Crippen molar-refractivity contribution in [1.29, 1.82) is 0 Å². The molecule has 2 N–H and O–H groups in total. The maximum absolute atomic E-state index is 12.3. The van der Waals surface area contributed by atoms with Crippen LogP contribution in [0, 0.1) is 0 Å². The van der Waals surface area contributed by atoms with Gasteiger partial charge in [-0.25, -0.2) is 0 Å². The molecule has 1 fully saturated rings. The molecule has 1 saturated carbocycles. The number of benzene rings is 1. The summed E-state index contributed by atoms with van der Waals surface area (Å²) >= 11 is 0. The van der Waals surface area contributed by atoms with E-state index in [4.69, 9.17) is 5.73 Å². The highest BCUT2D eigenvalue weighted by atomic mass is 16.2. The number of carbonyl (C=O) groups excluding carboxylic acids is 1. The van der Waals surface area contributed by atoms with Crippen molar-refractivity contribution in [2.45, 2.75) is 38.3 Å². The Balaban J connectivity index is 2.07. The van der Waals surface area contributed by atoms with Crippen molar-refractivity contribution in [2.24, 2.45) is 5.73 Å². The van der Waals surface area contributed by atoms with Crippen molar-refractivity contribution in [3.05, 3.63) is 35.9 Å². The predicted molar refractivity (Wildman–Crippen MR) is 68.4 cm³/mol. The summed E-state index contributed by atoms with van der Waals surface area (Å²) in [6, 6.07) is 9.54. The summed E-state index contributed by atoms with van der Waals surface area (Å²) in [5.41, 5.74) is 6.95. The number of rotatable bonds is 5. The Bertz CT molecular complexity index is 373. The fraction of sp³-hybridized carbons (Fsp3) is 0.500. The number of hydrogen-bond acceptors (Lipinski definition) is 2. The van der Waals surface area contributed by atoms with Crippen LogP contribution in [0.15, 0.2) is 30.3 Å². The number of nitrogens with zero attached hydrogens (tertiary/aromatic N) is 1. The second-order valence-electron chi connectivity index (χ2n) is 4.65. The summed E-state index contributed by atoms with van der Waals surface area (Å²) < 4.78 is 0. The van der Waals surface area contributed by atoms with Gasteiger partial charge in [-0.2, -0.15) is 0 Å². The lowest BCUT2D eigenvalue weighted by Gasteiger charge is -2.25. The van der Waals surface area contributed by atoms with Crippen molar-refractivity contribution in [2.75, 3.05) is 6.54 Å². The SMILES string of the molecule is CCCN(C(=O)[C@H](N)c1ccccc1)C1CC1. The lowest BCUT2D eigenvalue weighted by molar-refractivity contribution is -0.133. The first-order valence-corrected chi connectivity index (χ1v) is 6.35. The summed E-state index contributed by atoms with van der Waals surface area (Å²) in [4.78, 5) is 14.3. The van der Waals surface area contributed by atoms with Crippen LogP contribution in [0.3, 0.4) is 0 Å². The molecular weight excluding hydrogens is 212 g/mol. The van der Waals surface area contributed by atoms with E-state index in [9.17, 15) is 4.79 Å². The van der Waals surface area contributed by atoms with E-state index in [1.165, 1.54) is 0 Å². The van der Waals surface area contributed by atoms with Gasteiger partial charge in [-0.1, -0.05) is 37.3 Å². The van der Waals surface area contributed by atoms with Crippen molar-refractivity contribution >= 4 is 5.91 Å². The van der Waals surface area contributed by atoms with Crippen LogP contribution < -0.4 is 5.73 Å². The summed E-state index contributed by atoms with van der Waals surface area (Å²) in [6.45, 7) is 2.92. The summed E-state index contributed by atoms with van der Waals surface area (Å²) in [5, 5.41) is 0. The average Bonchev–Trinajstić information content (AvgIpc) is 3.19. The first-order valence-electron chi connectivity index (χ1n) is 6.35. The summed E-state index contributed by atoms with van der Waals surface area (Å²) in [6.07, 6.45) is 3.25. The minimum atomic E-state index is -0.511. The van der Waals surface area contributed by atoms with E-state index in [0.717, 1.165) is 31.4 Å². The molecule has 0 unspecified atom stereocenters. The van der Waals surface area contributed by atoms with Gasteiger partial charge < -0.3 is 10.6 Å². The van der Waals surface area contributed by atoms with Crippen LogP contribution in [-0.4, -0.2) is 23.4 Å². The van der Waals surface area contributed by atoms with E-state index < -0.39 is 6.04 Å². The molecule has 1 atom stereocenters. The number of amides is 1. The van der Waals surface area contributed by atoms with E-state index in [1.807, 2.05) is 35.2 Å². The lowest BCUT2D eigenvalue weighted by Crippen LogP contribution is -2.40. The maximum Gasteiger partial charge on any atom is 0.244 e. The smallest absolute Gasteiger partial charge is 0.244 e. The molecule has 1 aromatic carbocycles. The minimum Gasteiger partial charge on any atom is -0.338 e. The van der Waals surface area contributed by atoms with Crippen LogP contribution in [0.5, 0.6) is 0 Å². The first-order chi connectivity index (χ1) is 8.24. The molecule has 0 aromatic heterocycles. The van der Waals surface area contributed by atoms with Gasteiger partial charge >= 0.3 is 0 Å². The highest BCUT2D eigenvalue weighted by Gasteiger charge is 2.34. The van der Waals surface area contributed by atoms with Crippen LogP contribution in [0.2, 0.25) is 0 Å². The molecular formula is C14H20N2O. The van der Waals surface area contributed by atoms with Gasteiger partial charge in [0.2, 0.25) is 5.91 Å². The molecule has 0 heterocycles. The molecule has 2 rings (SSSR count). The Labute approximate surface area is 103 Å². The van der Waals surface area contributed by atoms with Gasteiger partial charge in [0.05, 0.1) is 0 Å². The third kappa shape index (κ3) is 2.86. The average molecular weight is 232 g/mol. The Morgan fingerprint density at radius 3 is 2.59 bits per heavy atom. The van der Waals surface area contributed by atoms with Crippen LogP contribution >= 0.6 is 0 Å². The number of hydrogen-bond donors (Lipinski definition) is 1. The second-order valence-corrected chi connectivity index (χ2v) is 4.65. The third-order valence-electron chi connectivity index (χ3n) is 3.16. The Hall–Kier alpha value is -1.35. The van der Waals surface area contributed by atoms with Gasteiger partial charge in [0, 0.05) is 12.6 Å². The second kappa shape index (κ2) is 5.32. The molecule has 0 spiro atoms. The topological polar surface area (TPSA) is 46.3 Å². The molecule has 1 aromatic rings. The fourth-order valence-corrected chi connectivity index (χ4v) is 2.08. The van der Waals surface area contributed by atoms with E-state index in [-0.39, 0.29) is 5.91 Å². The zero-order valence-electron chi connectivity index (χ0n) is 10.3. The highest BCUT2D eigenvalue weighted by molar-refractivity contribution is 5.83. The van der Waals surface area contributed by atoms with E-state index in [0.29, 0.717) is 6.04 Å². The van der Waals surface area contributed by atoms with E-state index >= 15 is 0 Å². The number of nitrogens with two attached hydrogens (primary N) is 1. The van der Waals surface area contributed by atoms with Crippen LogP contribution in [0.4, 0.5) is 0 Å². The van der Waals surface area contributed by atoms with Gasteiger partial charge in [-0.05, 0) is 24.8 Å². The minimum absolute atomic E-state index is 0.0700. The largest absolute Gasteiger partial charge is 0.338 e. The molecule has 0 saturated heterocycles. The molecule has 92 valence electrons. The fourth-order valence-electron chi connectivity index (χ4n) is 2.08. The van der Waals surface area contributed by atoms with Gasteiger partial charge in [-0.15, -0.1) is 0 Å². The third-order valence-corrected chi connectivity index (χ3v) is 3.16. The van der Waals surface area contributed by atoms with E-state index in [1.54, 1.807) is 0 Å². The Morgan fingerprint density at radius 1 is 1.41 bits per heavy atom. The molecule has 0 radical (unpaired) electrons. The van der Waals surface area contributed by atoms with Gasteiger partial charge in [0.15, 0.2) is 0 Å². The quantitative estimate of drug-likeness (QED) is 0.845. The molecule has 0 bridgehead atoms. The molecule has 1 aliphatic carbocycles.